The molecular weight excluding hydrogens is 214 g/mol. The smallest absolute Gasteiger partial charge is 0.0903 e. The minimum atomic E-state index is -0.781. The maximum Gasteiger partial charge on any atom is 0.0903 e. The number of hydrogen-bond donors (Lipinski definition) is 1. The van der Waals surface area contributed by atoms with Crippen LogP contribution < -0.4 is 0 Å². The van der Waals surface area contributed by atoms with E-state index in [4.69, 9.17) is 4.74 Å². The van der Waals surface area contributed by atoms with E-state index in [1.54, 1.807) is 0 Å². The maximum absolute atomic E-state index is 11.0. The van der Waals surface area contributed by atoms with Crippen LogP contribution in [0.1, 0.15) is 51.9 Å². The molecule has 0 aromatic rings. The molecule has 0 spiro atoms. The van der Waals surface area contributed by atoms with Gasteiger partial charge < -0.3 is 9.84 Å². The van der Waals surface area contributed by atoms with Gasteiger partial charge in [-0.3, -0.25) is 0 Å². The molecule has 0 radical (unpaired) electrons. The van der Waals surface area contributed by atoms with E-state index in [2.05, 4.69) is 13.0 Å². The molecule has 17 heavy (non-hydrogen) atoms. The molecule has 1 saturated carbocycles. The van der Waals surface area contributed by atoms with Crippen molar-refractivity contribution in [1.82, 2.24) is 0 Å². The van der Waals surface area contributed by atoms with Crippen molar-refractivity contribution in [2.24, 2.45) is 11.3 Å². The third kappa shape index (κ3) is 2.34. The van der Waals surface area contributed by atoms with Gasteiger partial charge in [0.2, 0.25) is 0 Å². The normalized spacial score (nSPS) is 38.1. The predicted octanol–water partition coefficient (Wildman–Crippen LogP) is 2.64. The van der Waals surface area contributed by atoms with Gasteiger partial charge in [0.25, 0.3) is 0 Å². The second-order valence-electron chi connectivity index (χ2n) is 5.87. The van der Waals surface area contributed by atoms with Crippen LogP contribution in [-0.4, -0.2) is 23.9 Å². The largest absolute Gasteiger partial charge is 0.388 e. The van der Waals surface area contributed by atoms with Gasteiger partial charge >= 0.3 is 0 Å². The summed E-state index contributed by atoms with van der Waals surface area (Å²) in [6.07, 6.45) is 6.21. The van der Waals surface area contributed by atoms with Gasteiger partial charge in [-0.25, -0.2) is 0 Å². The molecule has 1 heterocycles. The molecule has 0 bridgehead atoms. The van der Waals surface area contributed by atoms with E-state index in [1.807, 2.05) is 0 Å². The quantitative estimate of drug-likeness (QED) is 0.713. The number of aliphatic hydroxyl groups is 1. The molecule has 1 aliphatic heterocycles. The van der Waals surface area contributed by atoms with Gasteiger partial charge in [-0.05, 0) is 38.0 Å². The standard InChI is InChI=1S/C14H23NO2/c1-12-3-2-5-14(16,6-4-12)13(11-15)7-9-17-10-8-13/h12,16H,2-10H2,1H3. The van der Waals surface area contributed by atoms with Crippen molar-refractivity contribution < 1.29 is 9.84 Å². The molecule has 0 amide bonds. The summed E-state index contributed by atoms with van der Waals surface area (Å²) in [5.74, 6) is 0.680. The molecule has 2 aliphatic rings. The van der Waals surface area contributed by atoms with Crippen molar-refractivity contribution in [3.63, 3.8) is 0 Å². The summed E-state index contributed by atoms with van der Waals surface area (Å²) in [5, 5.41) is 20.5. The number of hydrogen-bond acceptors (Lipinski definition) is 3. The molecule has 2 fully saturated rings. The molecule has 3 nitrogen and oxygen atoms in total. The van der Waals surface area contributed by atoms with Crippen LogP contribution in [0.4, 0.5) is 0 Å². The lowest BCUT2D eigenvalue weighted by Gasteiger charge is -2.44. The Kier molecular flexibility index (Phi) is 3.75. The van der Waals surface area contributed by atoms with Crippen molar-refractivity contribution in [3.05, 3.63) is 0 Å². The fourth-order valence-corrected chi connectivity index (χ4v) is 3.38. The predicted molar refractivity (Wildman–Crippen MR) is 65.3 cm³/mol. The first-order valence-corrected chi connectivity index (χ1v) is 6.83. The summed E-state index contributed by atoms with van der Waals surface area (Å²) < 4.78 is 5.35. The number of ether oxygens (including phenoxy) is 1. The Morgan fingerprint density at radius 2 is 1.88 bits per heavy atom. The molecule has 1 aliphatic carbocycles. The average molecular weight is 237 g/mol. The summed E-state index contributed by atoms with van der Waals surface area (Å²) in [5.41, 5.74) is -1.34. The van der Waals surface area contributed by atoms with Crippen LogP contribution in [0, 0.1) is 22.7 Å². The highest BCUT2D eigenvalue weighted by molar-refractivity contribution is 5.12. The summed E-state index contributed by atoms with van der Waals surface area (Å²) in [7, 11) is 0. The highest BCUT2D eigenvalue weighted by Gasteiger charge is 2.51. The fourth-order valence-electron chi connectivity index (χ4n) is 3.38. The van der Waals surface area contributed by atoms with Crippen LogP contribution in [0.3, 0.4) is 0 Å². The maximum atomic E-state index is 11.0. The van der Waals surface area contributed by atoms with Gasteiger partial charge in [-0.2, -0.15) is 5.26 Å². The minimum Gasteiger partial charge on any atom is -0.388 e. The van der Waals surface area contributed by atoms with Crippen molar-refractivity contribution in [2.75, 3.05) is 13.2 Å². The van der Waals surface area contributed by atoms with E-state index in [0.717, 1.165) is 25.7 Å². The molecule has 3 heteroatoms. The van der Waals surface area contributed by atoms with Gasteiger partial charge in [0.15, 0.2) is 0 Å². The monoisotopic (exact) mass is 237 g/mol. The second-order valence-corrected chi connectivity index (χ2v) is 5.87. The Bertz CT molecular complexity index is 304. The molecule has 2 unspecified atom stereocenters. The van der Waals surface area contributed by atoms with Crippen molar-refractivity contribution in [2.45, 2.75) is 57.5 Å². The highest BCUT2D eigenvalue weighted by Crippen LogP contribution is 2.48. The van der Waals surface area contributed by atoms with E-state index < -0.39 is 11.0 Å². The second kappa shape index (κ2) is 4.96. The molecular formula is C14H23NO2. The van der Waals surface area contributed by atoms with E-state index in [9.17, 15) is 10.4 Å². The zero-order valence-electron chi connectivity index (χ0n) is 10.7. The first kappa shape index (κ1) is 12.9. The first-order valence-electron chi connectivity index (χ1n) is 6.83. The fraction of sp³-hybridized carbons (Fsp3) is 0.929. The molecule has 1 saturated heterocycles. The topological polar surface area (TPSA) is 53.2 Å². The third-order valence-corrected chi connectivity index (χ3v) is 4.79. The zero-order chi connectivity index (χ0) is 12.4. The van der Waals surface area contributed by atoms with E-state index in [-0.39, 0.29) is 0 Å². The molecule has 0 aromatic carbocycles. The first-order chi connectivity index (χ1) is 8.12. The van der Waals surface area contributed by atoms with Crippen LogP contribution in [0.5, 0.6) is 0 Å². The van der Waals surface area contributed by atoms with Gasteiger partial charge in [-0.1, -0.05) is 19.8 Å². The Morgan fingerprint density at radius 3 is 2.53 bits per heavy atom. The molecule has 1 N–H and O–H groups in total. The Labute approximate surface area is 104 Å². The number of rotatable bonds is 1. The van der Waals surface area contributed by atoms with Crippen LogP contribution >= 0.6 is 0 Å². The van der Waals surface area contributed by atoms with Crippen LogP contribution in [0.25, 0.3) is 0 Å². The SMILES string of the molecule is CC1CCCC(O)(C2(C#N)CCOCC2)CC1. The summed E-state index contributed by atoms with van der Waals surface area (Å²) in [6.45, 7) is 3.48. The third-order valence-electron chi connectivity index (χ3n) is 4.79. The van der Waals surface area contributed by atoms with Crippen LogP contribution in [-0.2, 0) is 4.74 Å². The van der Waals surface area contributed by atoms with Crippen LogP contribution in [0.2, 0.25) is 0 Å². The highest BCUT2D eigenvalue weighted by atomic mass is 16.5. The Balaban J connectivity index is 2.19. The van der Waals surface area contributed by atoms with Gasteiger partial charge in [0.05, 0.1) is 17.1 Å². The lowest BCUT2D eigenvalue weighted by molar-refractivity contribution is -0.112. The number of nitriles is 1. The van der Waals surface area contributed by atoms with Gasteiger partial charge in [0, 0.05) is 13.2 Å². The van der Waals surface area contributed by atoms with E-state index in [0.29, 0.717) is 32.0 Å². The lowest BCUT2D eigenvalue weighted by Crippen LogP contribution is -2.50. The molecule has 96 valence electrons. The van der Waals surface area contributed by atoms with Crippen molar-refractivity contribution >= 4 is 0 Å². The van der Waals surface area contributed by atoms with E-state index in [1.165, 1.54) is 6.42 Å². The van der Waals surface area contributed by atoms with Crippen molar-refractivity contribution in [1.29, 1.82) is 5.26 Å². The number of nitrogens with zero attached hydrogens (tertiary/aromatic N) is 1. The molecule has 0 aromatic heterocycles. The summed E-state index contributed by atoms with van der Waals surface area (Å²) >= 11 is 0. The molecule has 2 rings (SSSR count). The Morgan fingerprint density at radius 1 is 1.18 bits per heavy atom. The summed E-state index contributed by atoms with van der Waals surface area (Å²) in [6, 6.07) is 2.44. The summed E-state index contributed by atoms with van der Waals surface area (Å²) in [4.78, 5) is 0. The van der Waals surface area contributed by atoms with E-state index >= 15 is 0 Å². The Hall–Kier alpha value is -0.590. The molecule has 2 atom stereocenters. The van der Waals surface area contributed by atoms with Gasteiger partial charge in [-0.15, -0.1) is 0 Å². The zero-order valence-corrected chi connectivity index (χ0v) is 10.7. The average Bonchev–Trinajstić information content (AvgIpc) is 2.53. The van der Waals surface area contributed by atoms with Gasteiger partial charge in [0.1, 0.15) is 0 Å². The van der Waals surface area contributed by atoms with Crippen LogP contribution in [0.15, 0.2) is 0 Å². The van der Waals surface area contributed by atoms with Crippen molar-refractivity contribution in [3.8, 4) is 6.07 Å². The lowest BCUT2D eigenvalue weighted by atomic mass is 9.64. The minimum absolute atomic E-state index is 0.560.